The van der Waals surface area contributed by atoms with Crippen LogP contribution in [0.2, 0.25) is 0 Å². The van der Waals surface area contributed by atoms with Crippen molar-refractivity contribution in [2.45, 2.75) is 42.9 Å². The monoisotopic (exact) mass is 397 g/mol. The van der Waals surface area contributed by atoms with E-state index in [2.05, 4.69) is 11.8 Å². The van der Waals surface area contributed by atoms with Gasteiger partial charge in [0, 0.05) is 23.5 Å². The molecule has 1 heterocycles. The minimum atomic E-state index is -3.92. The molecule has 1 atom stereocenters. The van der Waals surface area contributed by atoms with Crippen LogP contribution in [0.4, 0.5) is 0 Å². The number of rotatable bonds is 5. The molecule has 1 N–H and O–H groups in total. The van der Waals surface area contributed by atoms with E-state index in [1.807, 2.05) is 6.92 Å². The molecule has 1 aromatic carbocycles. The lowest BCUT2D eigenvalue weighted by molar-refractivity contribution is -0.142. The Morgan fingerprint density at radius 1 is 1.35 bits per heavy atom. The van der Waals surface area contributed by atoms with Gasteiger partial charge in [-0.1, -0.05) is 12.8 Å². The smallest absolute Gasteiger partial charge is 0.323 e. The van der Waals surface area contributed by atoms with Gasteiger partial charge in [-0.3, -0.25) is 4.79 Å². The molecule has 1 fully saturated rings. The molecule has 0 saturated carbocycles. The Kier molecular flexibility index (Phi) is 6.61. The van der Waals surface area contributed by atoms with Crippen molar-refractivity contribution in [3.63, 3.8) is 0 Å². The predicted octanol–water partition coefficient (Wildman–Crippen LogP) is 2.45. The Bertz CT molecular complexity index is 806. The summed E-state index contributed by atoms with van der Waals surface area (Å²) in [6, 6.07) is 4.86. The van der Waals surface area contributed by atoms with Gasteiger partial charge in [-0.25, -0.2) is 8.42 Å². The first-order valence-electron chi connectivity index (χ1n) is 8.27. The highest BCUT2D eigenvalue weighted by Gasteiger charge is 2.48. The molecule has 0 radical (unpaired) electrons. The van der Waals surface area contributed by atoms with Gasteiger partial charge in [-0.2, -0.15) is 16.1 Å². The SMILES string of the molecule is CCC#CCOc1ccc(S(=O)(=O)N2CCSC(C)(C)C2C(=O)O)cc1. The Morgan fingerprint density at radius 3 is 2.58 bits per heavy atom. The second kappa shape index (κ2) is 8.33. The number of carbonyl (C=O) groups is 1. The lowest BCUT2D eigenvalue weighted by Gasteiger charge is -2.42. The number of ether oxygens (including phenoxy) is 1. The van der Waals surface area contributed by atoms with Gasteiger partial charge in [0.25, 0.3) is 0 Å². The van der Waals surface area contributed by atoms with E-state index < -0.39 is 26.8 Å². The molecule has 2 rings (SSSR count). The van der Waals surface area contributed by atoms with Gasteiger partial charge >= 0.3 is 5.97 Å². The number of hydrogen-bond donors (Lipinski definition) is 1. The van der Waals surface area contributed by atoms with E-state index in [0.717, 1.165) is 10.7 Å². The quantitative estimate of drug-likeness (QED) is 0.769. The second-order valence-electron chi connectivity index (χ2n) is 6.28. The molecule has 8 heteroatoms. The van der Waals surface area contributed by atoms with Crippen molar-refractivity contribution in [2.24, 2.45) is 0 Å². The maximum atomic E-state index is 13.0. The molecule has 1 aromatic rings. The number of benzene rings is 1. The van der Waals surface area contributed by atoms with E-state index in [1.165, 1.54) is 23.9 Å². The third-order valence-corrected chi connectivity index (χ3v) is 7.24. The molecule has 6 nitrogen and oxygen atoms in total. The van der Waals surface area contributed by atoms with Crippen molar-refractivity contribution in [3.8, 4) is 17.6 Å². The number of thioether (sulfide) groups is 1. The summed E-state index contributed by atoms with van der Waals surface area (Å²) in [4.78, 5) is 11.8. The molecule has 0 spiro atoms. The van der Waals surface area contributed by atoms with Crippen molar-refractivity contribution in [1.82, 2.24) is 4.31 Å². The molecule has 1 aliphatic rings. The van der Waals surface area contributed by atoms with Crippen molar-refractivity contribution in [3.05, 3.63) is 24.3 Å². The van der Waals surface area contributed by atoms with E-state index in [-0.39, 0.29) is 18.0 Å². The summed E-state index contributed by atoms with van der Waals surface area (Å²) in [6.45, 7) is 5.85. The summed E-state index contributed by atoms with van der Waals surface area (Å²) in [7, 11) is -3.92. The summed E-state index contributed by atoms with van der Waals surface area (Å²) in [5, 5.41) is 9.59. The minimum Gasteiger partial charge on any atom is -0.481 e. The zero-order valence-electron chi connectivity index (χ0n) is 15.1. The minimum absolute atomic E-state index is 0.0541. The van der Waals surface area contributed by atoms with Gasteiger partial charge in [0.05, 0.1) is 4.90 Å². The fraction of sp³-hybridized carbons (Fsp3) is 0.500. The normalized spacial score (nSPS) is 20.0. The van der Waals surface area contributed by atoms with Crippen LogP contribution in [-0.2, 0) is 14.8 Å². The highest BCUT2D eigenvalue weighted by molar-refractivity contribution is 8.00. The summed E-state index contributed by atoms with van der Waals surface area (Å²) < 4.78 is 31.8. The van der Waals surface area contributed by atoms with Crippen molar-refractivity contribution >= 4 is 27.8 Å². The first-order valence-corrected chi connectivity index (χ1v) is 10.7. The summed E-state index contributed by atoms with van der Waals surface area (Å²) in [5.74, 6) is 5.65. The molecule has 26 heavy (non-hydrogen) atoms. The van der Waals surface area contributed by atoms with Gasteiger partial charge < -0.3 is 9.84 Å². The van der Waals surface area contributed by atoms with Crippen LogP contribution in [0.5, 0.6) is 5.75 Å². The van der Waals surface area contributed by atoms with Gasteiger partial charge in [0.15, 0.2) is 0 Å². The summed E-state index contributed by atoms with van der Waals surface area (Å²) >= 11 is 1.47. The van der Waals surface area contributed by atoms with Crippen LogP contribution in [0.3, 0.4) is 0 Å². The van der Waals surface area contributed by atoms with Crippen LogP contribution in [0.1, 0.15) is 27.2 Å². The largest absolute Gasteiger partial charge is 0.481 e. The summed E-state index contributed by atoms with van der Waals surface area (Å²) in [6.07, 6.45) is 0.746. The van der Waals surface area contributed by atoms with Gasteiger partial charge in [0.1, 0.15) is 18.4 Å². The third-order valence-electron chi connectivity index (χ3n) is 4.01. The first-order chi connectivity index (χ1) is 12.2. The molecule has 0 bridgehead atoms. The topological polar surface area (TPSA) is 83.9 Å². The standard InChI is InChI=1S/C18H23NO5S2/c1-4-5-6-12-24-14-7-9-15(10-8-14)26(22,23)19-11-13-25-18(2,3)16(19)17(20)21/h7-10,16H,4,11-13H2,1-3H3,(H,20,21). The van der Waals surface area contributed by atoms with E-state index in [4.69, 9.17) is 4.74 Å². The van der Waals surface area contributed by atoms with E-state index in [9.17, 15) is 18.3 Å². The van der Waals surface area contributed by atoms with Crippen LogP contribution in [0.25, 0.3) is 0 Å². The predicted molar refractivity (Wildman–Crippen MR) is 102 cm³/mol. The number of nitrogens with zero attached hydrogens (tertiary/aromatic N) is 1. The third kappa shape index (κ3) is 4.53. The van der Waals surface area contributed by atoms with Gasteiger partial charge in [0.2, 0.25) is 10.0 Å². The van der Waals surface area contributed by atoms with E-state index in [1.54, 1.807) is 26.0 Å². The van der Waals surface area contributed by atoms with E-state index >= 15 is 0 Å². The molecule has 0 aliphatic carbocycles. The van der Waals surface area contributed by atoms with Crippen LogP contribution >= 0.6 is 11.8 Å². The Balaban J connectivity index is 2.24. The highest BCUT2D eigenvalue weighted by Crippen LogP contribution is 2.38. The Hall–Kier alpha value is -1.69. The fourth-order valence-electron chi connectivity index (χ4n) is 2.77. The molecule has 1 unspecified atom stereocenters. The second-order valence-corrected chi connectivity index (χ2v) is 9.92. The molecule has 1 aliphatic heterocycles. The molecule has 1 saturated heterocycles. The van der Waals surface area contributed by atoms with Crippen molar-refractivity contribution < 1.29 is 23.1 Å². The van der Waals surface area contributed by atoms with Crippen LogP contribution in [0.15, 0.2) is 29.2 Å². The lowest BCUT2D eigenvalue weighted by atomic mass is 10.0. The first kappa shape index (κ1) is 20.6. The zero-order chi connectivity index (χ0) is 19.4. The molecule has 142 valence electrons. The number of sulfonamides is 1. The zero-order valence-corrected chi connectivity index (χ0v) is 16.7. The molecular formula is C18H23NO5S2. The molecule has 0 amide bonds. The number of hydrogen-bond acceptors (Lipinski definition) is 5. The Morgan fingerprint density at radius 2 is 2.00 bits per heavy atom. The average molecular weight is 398 g/mol. The van der Waals surface area contributed by atoms with Crippen molar-refractivity contribution in [2.75, 3.05) is 18.9 Å². The highest BCUT2D eigenvalue weighted by atomic mass is 32.2. The summed E-state index contributed by atoms with van der Waals surface area (Å²) in [5.41, 5.74) is 0. The van der Waals surface area contributed by atoms with E-state index in [0.29, 0.717) is 11.5 Å². The van der Waals surface area contributed by atoms with Crippen LogP contribution in [-0.4, -0.2) is 53.5 Å². The number of carboxylic acids is 1. The van der Waals surface area contributed by atoms with Crippen molar-refractivity contribution in [1.29, 1.82) is 0 Å². The average Bonchev–Trinajstić information content (AvgIpc) is 2.57. The number of carboxylic acid groups (broad SMARTS) is 1. The van der Waals surface area contributed by atoms with Crippen LogP contribution < -0.4 is 4.74 Å². The van der Waals surface area contributed by atoms with Crippen LogP contribution in [0, 0.1) is 11.8 Å². The maximum absolute atomic E-state index is 13.0. The number of aliphatic carboxylic acids is 1. The maximum Gasteiger partial charge on any atom is 0.323 e. The fourth-order valence-corrected chi connectivity index (χ4v) is 5.87. The molecular weight excluding hydrogens is 374 g/mol. The van der Waals surface area contributed by atoms with Gasteiger partial charge in [-0.15, -0.1) is 5.92 Å². The lowest BCUT2D eigenvalue weighted by Crippen LogP contribution is -2.58. The Labute approximate surface area is 159 Å². The van der Waals surface area contributed by atoms with Gasteiger partial charge in [-0.05, 0) is 38.1 Å². The molecule has 0 aromatic heterocycles.